The smallest absolute Gasteiger partial charge is 0.350 e. The van der Waals surface area contributed by atoms with Crippen molar-refractivity contribution in [1.29, 1.82) is 0 Å². The van der Waals surface area contributed by atoms with Gasteiger partial charge in [0.2, 0.25) is 11.6 Å². The number of aromatic nitrogens is 4. The highest BCUT2D eigenvalue weighted by Gasteiger charge is 2.19. The molecule has 1 amide bonds. The fourth-order valence-electron chi connectivity index (χ4n) is 3.55. The number of carbonyl (C=O) groups is 1. The maximum atomic E-state index is 13.7. The molecule has 8 nitrogen and oxygen atoms in total. The van der Waals surface area contributed by atoms with Gasteiger partial charge < -0.3 is 10.2 Å². The molecule has 4 rings (SSSR count). The van der Waals surface area contributed by atoms with Crippen LogP contribution in [0.3, 0.4) is 0 Å². The van der Waals surface area contributed by atoms with E-state index < -0.39 is 17.4 Å². The Bertz CT molecular complexity index is 1100. The Labute approximate surface area is 167 Å². The summed E-state index contributed by atoms with van der Waals surface area (Å²) < 4.78 is 16.2. The number of carbonyl (C=O) groups excluding carboxylic acids is 1. The Morgan fingerprint density at radius 2 is 1.97 bits per heavy atom. The van der Waals surface area contributed by atoms with Crippen molar-refractivity contribution < 1.29 is 9.18 Å². The van der Waals surface area contributed by atoms with Crippen molar-refractivity contribution in [2.75, 3.05) is 23.3 Å². The topological polar surface area (TPSA) is 84.5 Å². The van der Waals surface area contributed by atoms with Gasteiger partial charge in [-0.05, 0) is 37.5 Å². The van der Waals surface area contributed by atoms with Crippen molar-refractivity contribution in [1.82, 2.24) is 19.2 Å². The van der Waals surface area contributed by atoms with E-state index in [9.17, 15) is 14.0 Å². The first-order valence-electron chi connectivity index (χ1n) is 9.78. The lowest BCUT2D eigenvalue weighted by atomic mass is 10.2. The first-order chi connectivity index (χ1) is 14.0. The molecule has 0 spiro atoms. The Hall–Kier alpha value is -3.23. The largest absolute Gasteiger partial charge is 0.353 e. The van der Waals surface area contributed by atoms with Gasteiger partial charge in [-0.25, -0.2) is 23.3 Å². The summed E-state index contributed by atoms with van der Waals surface area (Å²) >= 11 is 0. The van der Waals surface area contributed by atoms with Crippen molar-refractivity contribution in [3.05, 3.63) is 52.5 Å². The number of rotatable bonds is 4. The highest BCUT2D eigenvalue weighted by atomic mass is 19.1. The standard InChI is InChI=1S/C20H23FN6O2/c1-14-6-7-15(12-16(14)21)23-17(28)13-27-20(29)26-11-8-22-18(19(26)24-27)25-9-4-2-3-5-10-25/h6-8,11-12H,2-5,9-10,13H2,1H3,(H,23,28). The summed E-state index contributed by atoms with van der Waals surface area (Å²) in [5, 5.41) is 6.96. The lowest BCUT2D eigenvalue weighted by molar-refractivity contribution is -0.117. The summed E-state index contributed by atoms with van der Waals surface area (Å²) in [6.07, 6.45) is 7.64. The predicted molar refractivity (Wildman–Crippen MR) is 108 cm³/mol. The second-order valence-electron chi connectivity index (χ2n) is 7.30. The SMILES string of the molecule is Cc1ccc(NC(=O)Cn2nc3c(N4CCCCCC4)nccn3c2=O)cc1F. The van der Waals surface area contributed by atoms with Crippen LogP contribution in [-0.4, -0.2) is 38.2 Å². The highest BCUT2D eigenvalue weighted by Crippen LogP contribution is 2.20. The van der Waals surface area contributed by atoms with Crippen LogP contribution in [0.2, 0.25) is 0 Å². The number of halogens is 1. The summed E-state index contributed by atoms with van der Waals surface area (Å²) in [5.74, 6) is -0.199. The second kappa shape index (κ2) is 8.02. The van der Waals surface area contributed by atoms with Crippen LogP contribution < -0.4 is 15.9 Å². The van der Waals surface area contributed by atoms with E-state index in [2.05, 4.69) is 20.3 Å². The maximum Gasteiger partial charge on any atom is 0.350 e. The van der Waals surface area contributed by atoms with E-state index in [0.29, 0.717) is 22.7 Å². The molecule has 0 atom stereocenters. The lowest BCUT2D eigenvalue weighted by Crippen LogP contribution is -2.28. The number of nitrogens with one attached hydrogen (secondary N) is 1. The monoisotopic (exact) mass is 398 g/mol. The second-order valence-corrected chi connectivity index (χ2v) is 7.30. The molecule has 1 aliphatic rings. The molecule has 3 aromatic rings. The molecule has 1 fully saturated rings. The Balaban J connectivity index is 1.58. The van der Waals surface area contributed by atoms with Crippen molar-refractivity contribution in [2.45, 2.75) is 39.2 Å². The van der Waals surface area contributed by atoms with Gasteiger partial charge in [-0.15, -0.1) is 5.10 Å². The minimum atomic E-state index is -0.456. The van der Waals surface area contributed by atoms with E-state index in [-0.39, 0.29) is 6.54 Å². The number of hydrogen-bond donors (Lipinski definition) is 1. The van der Waals surface area contributed by atoms with Crippen LogP contribution in [-0.2, 0) is 11.3 Å². The fourth-order valence-corrected chi connectivity index (χ4v) is 3.55. The molecule has 1 N–H and O–H groups in total. The third-order valence-electron chi connectivity index (χ3n) is 5.14. The Morgan fingerprint density at radius 3 is 2.69 bits per heavy atom. The van der Waals surface area contributed by atoms with Gasteiger partial charge in [0.05, 0.1) is 0 Å². The minimum Gasteiger partial charge on any atom is -0.353 e. The van der Waals surface area contributed by atoms with E-state index in [1.165, 1.54) is 23.3 Å². The predicted octanol–water partition coefficient (Wildman–Crippen LogP) is 2.36. The normalized spacial score (nSPS) is 14.8. The zero-order valence-electron chi connectivity index (χ0n) is 16.3. The maximum absolute atomic E-state index is 13.7. The lowest BCUT2D eigenvalue weighted by Gasteiger charge is -2.20. The molecule has 0 aliphatic carbocycles. The quantitative estimate of drug-likeness (QED) is 0.729. The fraction of sp³-hybridized carbons (Fsp3) is 0.400. The number of fused-ring (bicyclic) bond motifs is 1. The molecule has 152 valence electrons. The number of benzene rings is 1. The molecule has 3 heterocycles. The number of anilines is 2. The van der Waals surface area contributed by atoms with Gasteiger partial charge in [-0.3, -0.25) is 4.79 Å². The molecule has 0 saturated carbocycles. The van der Waals surface area contributed by atoms with Gasteiger partial charge in [-0.2, -0.15) is 0 Å². The molecular formula is C20H23FN6O2. The van der Waals surface area contributed by atoms with Crippen LogP contribution in [0.4, 0.5) is 15.9 Å². The van der Waals surface area contributed by atoms with E-state index in [4.69, 9.17) is 0 Å². The summed E-state index contributed by atoms with van der Waals surface area (Å²) in [6.45, 7) is 3.11. The molecule has 1 aliphatic heterocycles. The first kappa shape index (κ1) is 19.1. The van der Waals surface area contributed by atoms with E-state index in [1.807, 2.05) is 0 Å². The zero-order chi connectivity index (χ0) is 20.4. The number of hydrogen-bond acceptors (Lipinski definition) is 5. The van der Waals surface area contributed by atoms with Crippen LogP contribution in [0.15, 0.2) is 35.4 Å². The van der Waals surface area contributed by atoms with E-state index in [0.717, 1.165) is 30.6 Å². The third-order valence-corrected chi connectivity index (χ3v) is 5.14. The molecule has 29 heavy (non-hydrogen) atoms. The number of aryl methyl sites for hydroxylation is 1. The molecule has 0 unspecified atom stereocenters. The molecule has 9 heteroatoms. The summed E-state index contributed by atoms with van der Waals surface area (Å²) in [5.41, 5.74) is 0.854. The van der Waals surface area contributed by atoms with Crippen LogP contribution in [0.25, 0.3) is 5.65 Å². The van der Waals surface area contributed by atoms with Gasteiger partial charge >= 0.3 is 5.69 Å². The first-order valence-corrected chi connectivity index (χ1v) is 9.78. The number of amides is 1. The van der Waals surface area contributed by atoms with E-state index >= 15 is 0 Å². The molecule has 1 aromatic carbocycles. The third kappa shape index (κ3) is 3.98. The van der Waals surface area contributed by atoms with Crippen molar-refractivity contribution in [2.24, 2.45) is 0 Å². The average Bonchev–Trinajstić information content (AvgIpc) is 2.88. The van der Waals surface area contributed by atoms with Crippen LogP contribution in [0, 0.1) is 12.7 Å². The van der Waals surface area contributed by atoms with Gasteiger partial charge in [-0.1, -0.05) is 18.9 Å². The van der Waals surface area contributed by atoms with Gasteiger partial charge in [0.25, 0.3) is 0 Å². The molecule has 1 saturated heterocycles. The van der Waals surface area contributed by atoms with Crippen LogP contribution in [0.1, 0.15) is 31.2 Å². The van der Waals surface area contributed by atoms with Crippen LogP contribution >= 0.6 is 0 Å². The highest BCUT2D eigenvalue weighted by molar-refractivity contribution is 5.90. The van der Waals surface area contributed by atoms with E-state index in [1.54, 1.807) is 31.5 Å². The molecular weight excluding hydrogens is 375 g/mol. The molecule has 2 aromatic heterocycles. The van der Waals surface area contributed by atoms with Crippen LogP contribution in [0.5, 0.6) is 0 Å². The zero-order valence-corrected chi connectivity index (χ0v) is 16.3. The Kier molecular flexibility index (Phi) is 5.28. The summed E-state index contributed by atoms with van der Waals surface area (Å²) in [6, 6.07) is 4.45. The molecule has 0 radical (unpaired) electrons. The Morgan fingerprint density at radius 1 is 1.21 bits per heavy atom. The minimum absolute atomic E-state index is 0.268. The summed E-state index contributed by atoms with van der Waals surface area (Å²) in [7, 11) is 0. The summed E-state index contributed by atoms with van der Waals surface area (Å²) in [4.78, 5) is 31.7. The van der Waals surface area contributed by atoms with Gasteiger partial charge in [0, 0.05) is 31.2 Å². The van der Waals surface area contributed by atoms with Gasteiger partial charge in [0.1, 0.15) is 12.4 Å². The molecule has 0 bridgehead atoms. The number of nitrogens with zero attached hydrogens (tertiary/aromatic N) is 5. The van der Waals surface area contributed by atoms with Crippen molar-refractivity contribution in [3.63, 3.8) is 0 Å². The van der Waals surface area contributed by atoms with Crippen molar-refractivity contribution in [3.8, 4) is 0 Å². The average molecular weight is 398 g/mol. The van der Waals surface area contributed by atoms with Crippen molar-refractivity contribution >= 4 is 23.1 Å². The van der Waals surface area contributed by atoms with Gasteiger partial charge in [0.15, 0.2) is 5.82 Å².